The first-order valence-electron chi connectivity index (χ1n) is 10.7. The molecule has 2 aromatic carbocycles. The van der Waals surface area contributed by atoms with Gasteiger partial charge in [0.15, 0.2) is 0 Å². The van der Waals surface area contributed by atoms with Gasteiger partial charge in [0.1, 0.15) is 12.0 Å². The van der Waals surface area contributed by atoms with Crippen molar-refractivity contribution in [2.75, 3.05) is 19.7 Å². The standard InChI is InChI=1S/C25H27N3O2/c29-25(11-15-30-24-7-3-6-23-21(24)8-12-27-23)28-13-9-18(10-14-28)22-17-26-16-19-4-1-2-5-20(19)22/h1-8,12,16-18,25,27,29H,9-11,13-15H2/t25-/m0/s1. The molecule has 1 aliphatic rings. The number of nitrogens with zero attached hydrogens (tertiary/aromatic N) is 2. The van der Waals surface area contributed by atoms with E-state index in [4.69, 9.17) is 4.74 Å². The summed E-state index contributed by atoms with van der Waals surface area (Å²) in [5, 5.41) is 14.3. The first kappa shape index (κ1) is 19.1. The highest BCUT2D eigenvalue weighted by molar-refractivity contribution is 5.86. The highest BCUT2D eigenvalue weighted by atomic mass is 16.5. The number of H-pyrrole nitrogens is 1. The van der Waals surface area contributed by atoms with Crippen LogP contribution in [0.25, 0.3) is 21.7 Å². The average Bonchev–Trinajstić information content (AvgIpc) is 3.29. The number of pyridine rings is 1. The second kappa shape index (κ2) is 8.46. The first-order chi connectivity index (χ1) is 14.8. The summed E-state index contributed by atoms with van der Waals surface area (Å²) in [6.07, 6.45) is 8.08. The molecule has 1 fully saturated rings. The van der Waals surface area contributed by atoms with Crippen molar-refractivity contribution in [3.63, 3.8) is 0 Å². The monoisotopic (exact) mass is 401 g/mol. The number of aromatic nitrogens is 2. The molecule has 0 amide bonds. The van der Waals surface area contributed by atoms with Gasteiger partial charge in [0, 0.05) is 54.4 Å². The van der Waals surface area contributed by atoms with E-state index in [2.05, 4.69) is 39.1 Å². The third-order valence-electron chi connectivity index (χ3n) is 6.28. The van der Waals surface area contributed by atoms with Crippen LogP contribution in [0.2, 0.25) is 0 Å². The molecular weight excluding hydrogens is 374 g/mol. The number of piperidine rings is 1. The quantitative estimate of drug-likeness (QED) is 0.492. The number of fused-ring (bicyclic) bond motifs is 2. The minimum atomic E-state index is -0.470. The maximum atomic E-state index is 10.7. The zero-order valence-electron chi connectivity index (χ0n) is 17.0. The van der Waals surface area contributed by atoms with Gasteiger partial charge in [-0.3, -0.25) is 9.88 Å². The number of ether oxygens (including phenoxy) is 1. The molecular formula is C25H27N3O2. The smallest absolute Gasteiger partial charge is 0.128 e. The summed E-state index contributed by atoms with van der Waals surface area (Å²) in [7, 11) is 0. The maximum absolute atomic E-state index is 10.7. The molecule has 0 unspecified atom stereocenters. The van der Waals surface area contributed by atoms with E-state index in [0.717, 1.165) is 42.6 Å². The first-order valence-corrected chi connectivity index (χ1v) is 10.7. The Morgan fingerprint density at radius 3 is 2.80 bits per heavy atom. The van der Waals surface area contributed by atoms with Crippen LogP contribution < -0.4 is 4.74 Å². The van der Waals surface area contributed by atoms with Gasteiger partial charge in [-0.15, -0.1) is 0 Å². The number of rotatable bonds is 6. The molecule has 1 atom stereocenters. The lowest BCUT2D eigenvalue weighted by Crippen LogP contribution is -2.41. The highest BCUT2D eigenvalue weighted by Crippen LogP contribution is 2.33. The molecule has 0 spiro atoms. The van der Waals surface area contributed by atoms with Crippen LogP contribution in [0.4, 0.5) is 0 Å². The lowest BCUT2D eigenvalue weighted by atomic mass is 9.87. The van der Waals surface area contributed by atoms with Crippen molar-refractivity contribution in [3.8, 4) is 5.75 Å². The molecule has 2 N–H and O–H groups in total. The molecule has 3 heterocycles. The SMILES string of the molecule is O[C@@H](CCOc1cccc2[nH]ccc12)N1CCC(c2cncc3ccccc23)CC1. The molecule has 0 aliphatic carbocycles. The molecule has 0 bridgehead atoms. The lowest BCUT2D eigenvalue weighted by Gasteiger charge is -2.35. The molecule has 5 rings (SSSR count). The molecule has 0 radical (unpaired) electrons. The van der Waals surface area contributed by atoms with Crippen molar-refractivity contribution < 1.29 is 9.84 Å². The molecule has 30 heavy (non-hydrogen) atoms. The van der Waals surface area contributed by atoms with Gasteiger partial charge < -0.3 is 14.8 Å². The summed E-state index contributed by atoms with van der Waals surface area (Å²) in [5.74, 6) is 1.36. The Kier molecular flexibility index (Phi) is 5.39. The van der Waals surface area contributed by atoms with Crippen LogP contribution in [0, 0.1) is 0 Å². The maximum Gasteiger partial charge on any atom is 0.128 e. The van der Waals surface area contributed by atoms with Crippen molar-refractivity contribution in [2.24, 2.45) is 0 Å². The largest absolute Gasteiger partial charge is 0.493 e. The van der Waals surface area contributed by atoms with E-state index in [1.54, 1.807) is 0 Å². The van der Waals surface area contributed by atoms with Gasteiger partial charge in [-0.25, -0.2) is 0 Å². The van der Waals surface area contributed by atoms with E-state index in [1.165, 1.54) is 16.3 Å². The Morgan fingerprint density at radius 1 is 1.03 bits per heavy atom. The van der Waals surface area contributed by atoms with E-state index in [1.807, 2.05) is 42.9 Å². The second-order valence-electron chi connectivity index (χ2n) is 8.07. The van der Waals surface area contributed by atoms with Gasteiger partial charge in [-0.1, -0.05) is 30.3 Å². The van der Waals surface area contributed by atoms with Crippen LogP contribution in [0.5, 0.6) is 5.75 Å². The minimum absolute atomic E-state index is 0.470. The molecule has 1 saturated heterocycles. The Balaban J connectivity index is 1.16. The van der Waals surface area contributed by atoms with E-state index < -0.39 is 6.23 Å². The topological polar surface area (TPSA) is 61.4 Å². The Hall–Kier alpha value is -2.89. The molecule has 0 saturated carbocycles. The summed E-state index contributed by atoms with van der Waals surface area (Å²) >= 11 is 0. The van der Waals surface area contributed by atoms with Crippen molar-refractivity contribution >= 4 is 21.7 Å². The fraction of sp³-hybridized carbons (Fsp3) is 0.320. The average molecular weight is 402 g/mol. The minimum Gasteiger partial charge on any atom is -0.493 e. The predicted molar refractivity (Wildman–Crippen MR) is 120 cm³/mol. The number of hydrogen-bond acceptors (Lipinski definition) is 4. The van der Waals surface area contributed by atoms with Crippen molar-refractivity contribution in [3.05, 3.63) is 72.7 Å². The van der Waals surface area contributed by atoms with Crippen LogP contribution in [0.3, 0.4) is 0 Å². The number of likely N-dealkylation sites (tertiary alicyclic amines) is 1. The van der Waals surface area contributed by atoms with Crippen LogP contribution in [-0.4, -0.2) is 45.9 Å². The number of aliphatic hydroxyl groups excluding tert-OH is 1. The van der Waals surface area contributed by atoms with E-state index in [9.17, 15) is 5.11 Å². The number of benzene rings is 2. The summed E-state index contributed by atoms with van der Waals surface area (Å²) in [6.45, 7) is 2.28. The molecule has 5 heteroatoms. The van der Waals surface area contributed by atoms with Crippen molar-refractivity contribution in [1.82, 2.24) is 14.9 Å². The molecule has 4 aromatic rings. The van der Waals surface area contributed by atoms with Crippen LogP contribution in [0.1, 0.15) is 30.7 Å². The van der Waals surface area contributed by atoms with Gasteiger partial charge >= 0.3 is 0 Å². The molecule has 154 valence electrons. The van der Waals surface area contributed by atoms with E-state index in [-0.39, 0.29) is 0 Å². The van der Waals surface area contributed by atoms with Crippen LogP contribution >= 0.6 is 0 Å². The third kappa shape index (κ3) is 3.78. The fourth-order valence-electron chi connectivity index (χ4n) is 4.61. The van der Waals surface area contributed by atoms with Crippen LogP contribution in [-0.2, 0) is 0 Å². The van der Waals surface area contributed by atoms with E-state index >= 15 is 0 Å². The Morgan fingerprint density at radius 2 is 1.90 bits per heavy atom. The van der Waals surface area contributed by atoms with Gasteiger partial charge in [0.25, 0.3) is 0 Å². The summed E-state index contributed by atoms with van der Waals surface area (Å²) in [6, 6.07) is 16.5. The zero-order valence-corrected chi connectivity index (χ0v) is 17.0. The number of nitrogens with one attached hydrogen (secondary N) is 1. The van der Waals surface area contributed by atoms with Gasteiger partial charge in [0.05, 0.1) is 6.61 Å². The van der Waals surface area contributed by atoms with Gasteiger partial charge in [-0.2, -0.15) is 0 Å². The van der Waals surface area contributed by atoms with Crippen molar-refractivity contribution in [2.45, 2.75) is 31.4 Å². The fourth-order valence-corrected chi connectivity index (χ4v) is 4.61. The van der Waals surface area contributed by atoms with Crippen LogP contribution in [0.15, 0.2) is 67.1 Å². The normalized spacial score (nSPS) is 16.8. The third-order valence-corrected chi connectivity index (χ3v) is 6.28. The Labute approximate surface area is 176 Å². The van der Waals surface area contributed by atoms with Gasteiger partial charge in [-0.05, 0) is 47.9 Å². The Bertz CT molecular complexity index is 1130. The number of aliphatic hydroxyl groups is 1. The molecule has 5 nitrogen and oxygen atoms in total. The number of hydrogen-bond donors (Lipinski definition) is 2. The number of aromatic amines is 1. The molecule has 1 aliphatic heterocycles. The highest BCUT2D eigenvalue weighted by Gasteiger charge is 2.25. The second-order valence-corrected chi connectivity index (χ2v) is 8.07. The summed E-state index contributed by atoms with van der Waals surface area (Å²) in [5.41, 5.74) is 2.41. The molecule has 2 aromatic heterocycles. The summed E-state index contributed by atoms with van der Waals surface area (Å²) in [4.78, 5) is 9.82. The zero-order chi connectivity index (χ0) is 20.3. The predicted octanol–water partition coefficient (Wildman–Crippen LogP) is 4.68. The lowest BCUT2D eigenvalue weighted by molar-refractivity contribution is -0.0233. The summed E-state index contributed by atoms with van der Waals surface area (Å²) < 4.78 is 5.96. The van der Waals surface area contributed by atoms with Crippen molar-refractivity contribution in [1.29, 1.82) is 0 Å². The van der Waals surface area contributed by atoms with Gasteiger partial charge in [0.2, 0.25) is 0 Å². The van der Waals surface area contributed by atoms with E-state index in [0.29, 0.717) is 18.9 Å².